The largest absolute Gasteiger partial charge is 0.335 e. The SMILES string of the molecule is Cc1noc2nc(-c3ccc(Cl)cc3)cc(C(=O)NN)c12. The number of pyridine rings is 1. The number of nitrogens with zero attached hydrogens (tertiary/aromatic N) is 2. The average molecular weight is 303 g/mol. The van der Waals surface area contributed by atoms with E-state index in [2.05, 4.69) is 15.6 Å². The summed E-state index contributed by atoms with van der Waals surface area (Å²) in [4.78, 5) is 16.3. The molecule has 1 aromatic carbocycles. The second-order valence-corrected chi connectivity index (χ2v) is 4.92. The first kappa shape index (κ1) is 13.5. The highest BCUT2D eigenvalue weighted by Crippen LogP contribution is 2.27. The number of hydrogen-bond acceptors (Lipinski definition) is 5. The molecule has 6 nitrogen and oxygen atoms in total. The topological polar surface area (TPSA) is 94.0 Å². The lowest BCUT2D eigenvalue weighted by Crippen LogP contribution is -2.30. The minimum Gasteiger partial charge on any atom is -0.335 e. The Morgan fingerprint density at radius 1 is 1.33 bits per heavy atom. The van der Waals surface area contributed by atoms with E-state index in [1.54, 1.807) is 25.1 Å². The predicted octanol–water partition coefficient (Wildman–Crippen LogP) is 2.46. The molecule has 2 heterocycles. The number of rotatable bonds is 2. The third kappa shape index (κ3) is 2.35. The van der Waals surface area contributed by atoms with Crippen molar-refractivity contribution < 1.29 is 9.32 Å². The van der Waals surface area contributed by atoms with Crippen molar-refractivity contribution in [2.45, 2.75) is 6.92 Å². The summed E-state index contributed by atoms with van der Waals surface area (Å²) < 4.78 is 5.16. The molecule has 2 aromatic heterocycles. The fourth-order valence-electron chi connectivity index (χ4n) is 2.12. The standard InChI is InChI=1S/C14H11ClN4O2/c1-7-12-10(13(20)18-16)6-11(17-14(12)21-19-7)8-2-4-9(15)5-3-8/h2-6H,16H2,1H3,(H,18,20). The quantitative estimate of drug-likeness (QED) is 0.431. The number of aromatic nitrogens is 2. The van der Waals surface area contributed by atoms with Crippen molar-refractivity contribution in [3.8, 4) is 11.3 Å². The fourth-order valence-corrected chi connectivity index (χ4v) is 2.25. The summed E-state index contributed by atoms with van der Waals surface area (Å²) in [7, 11) is 0. The maximum absolute atomic E-state index is 12.0. The maximum atomic E-state index is 12.0. The van der Waals surface area contributed by atoms with Crippen molar-refractivity contribution in [2.24, 2.45) is 5.84 Å². The molecular weight excluding hydrogens is 292 g/mol. The number of nitrogens with one attached hydrogen (secondary N) is 1. The molecule has 0 radical (unpaired) electrons. The lowest BCUT2D eigenvalue weighted by atomic mass is 10.1. The molecule has 21 heavy (non-hydrogen) atoms. The molecule has 0 aliphatic heterocycles. The molecule has 0 bridgehead atoms. The zero-order valence-corrected chi connectivity index (χ0v) is 11.8. The van der Waals surface area contributed by atoms with Crippen LogP contribution in [0.3, 0.4) is 0 Å². The zero-order valence-electron chi connectivity index (χ0n) is 11.1. The van der Waals surface area contributed by atoms with Crippen LogP contribution in [0.2, 0.25) is 5.02 Å². The van der Waals surface area contributed by atoms with E-state index in [0.29, 0.717) is 33.1 Å². The van der Waals surface area contributed by atoms with Crippen molar-refractivity contribution >= 4 is 28.6 Å². The first-order valence-electron chi connectivity index (χ1n) is 6.14. The monoisotopic (exact) mass is 302 g/mol. The number of benzene rings is 1. The normalized spacial score (nSPS) is 10.8. The summed E-state index contributed by atoms with van der Waals surface area (Å²) in [6.45, 7) is 1.74. The molecule has 0 saturated heterocycles. The number of fused-ring (bicyclic) bond motifs is 1. The van der Waals surface area contributed by atoms with Gasteiger partial charge in [-0.3, -0.25) is 10.2 Å². The highest BCUT2D eigenvalue weighted by atomic mass is 35.5. The summed E-state index contributed by atoms with van der Waals surface area (Å²) in [6.07, 6.45) is 0. The molecule has 3 aromatic rings. The third-order valence-electron chi connectivity index (χ3n) is 3.13. The molecule has 0 unspecified atom stereocenters. The number of nitrogen functional groups attached to an aromatic ring is 1. The van der Waals surface area contributed by atoms with Gasteiger partial charge < -0.3 is 4.52 Å². The van der Waals surface area contributed by atoms with Crippen LogP contribution in [-0.2, 0) is 0 Å². The van der Waals surface area contributed by atoms with E-state index in [4.69, 9.17) is 22.0 Å². The number of nitrogens with two attached hydrogens (primary N) is 1. The van der Waals surface area contributed by atoms with Crippen molar-refractivity contribution in [3.63, 3.8) is 0 Å². The Labute approximate surface area is 124 Å². The average Bonchev–Trinajstić information content (AvgIpc) is 2.88. The molecule has 3 N–H and O–H groups in total. The molecule has 3 rings (SSSR count). The van der Waals surface area contributed by atoms with Crippen molar-refractivity contribution in [1.29, 1.82) is 0 Å². The second-order valence-electron chi connectivity index (χ2n) is 4.48. The van der Waals surface area contributed by atoms with E-state index >= 15 is 0 Å². The van der Waals surface area contributed by atoms with E-state index in [-0.39, 0.29) is 0 Å². The fraction of sp³-hybridized carbons (Fsp3) is 0.0714. The first-order valence-corrected chi connectivity index (χ1v) is 6.52. The Kier molecular flexibility index (Phi) is 3.32. The number of carbonyl (C=O) groups is 1. The molecule has 0 aliphatic carbocycles. The Balaban J connectivity index is 2.25. The Morgan fingerprint density at radius 3 is 2.71 bits per heavy atom. The van der Waals surface area contributed by atoms with Crippen LogP contribution in [0.4, 0.5) is 0 Å². The van der Waals surface area contributed by atoms with Crippen molar-refractivity contribution in [3.05, 3.63) is 46.6 Å². The minimum absolute atomic E-state index is 0.290. The van der Waals surface area contributed by atoms with E-state index in [1.165, 1.54) is 0 Å². The van der Waals surface area contributed by atoms with E-state index in [9.17, 15) is 4.79 Å². The van der Waals surface area contributed by atoms with Gasteiger partial charge in [0.15, 0.2) is 0 Å². The summed E-state index contributed by atoms with van der Waals surface area (Å²) in [5.41, 5.74) is 4.74. The second kappa shape index (κ2) is 5.16. The van der Waals surface area contributed by atoms with Crippen LogP contribution in [0.1, 0.15) is 16.1 Å². The number of hydrogen-bond donors (Lipinski definition) is 2. The molecule has 0 saturated carbocycles. The summed E-state index contributed by atoms with van der Waals surface area (Å²) >= 11 is 5.87. The van der Waals surface area contributed by atoms with Crippen LogP contribution in [0, 0.1) is 6.92 Å². The predicted molar refractivity (Wildman–Crippen MR) is 78.6 cm³/mol. The molecular formula is C14H11ClN4O2. The maximum Gasteiger partial charge on any atom is 0.266 e. The van der Waals surface area contributed by atoms with E-state index < -0.39 is 5.91 Å². The molecule has 7 heteroatoms. The molecule has 106 valence electrons. The number of carbonyl (C=O) groups excluding carboxylic acids is 1. The van der Waals surface area contributed by atoms with Crippen LogP contribution in [-0.4, -0.2) is 16.0 Å². The molecule has 0 fully saturated rings. The van der Waals surface area contributed by atoms with E-state index in [0.717, 1.165) is 5.56 Å². The van der Waals surface area contributed by atoms with Crippen molar-refractivity contribution in [1.82, 2.24) is 15.6 Å². The van der Waals surface area contributed by atoms with Gasteiger partial charge in [0, 0.05) is 10.6 Å². The Bertz CT molecular complexity index is 827. The molecule has 0 spiro atoms. The van der Waals surface area contributed by atoms with Crippen LogP contribution in [0.5, 0.6) is 0 Å². The van der Waals surface area contributed by atoms with Crippen molar-refractivity contribution in [2.75, 3.05) is 0 Å². The summed E-state index contributed by atoms with van der Waals surface area (Å²) in [6, 6.07) is 8.76. The summed E-state index contributed by atoms with van der Waals surface area (Å²) in [5.74, 6) is 4.81. The summed E-state index contributed by atoms with van der Waals surface area (Å²) in [5, 5.41) is 5.01. The lowest BCUT2D eigenvalue weighted by molar-refractivity contribution is 0.0955. The molecule has 0 aliphatic rings. The smallest absolute Gasteiger partial charge is 0.266 e. The minimum atomic E-state index is -0.427. The first-order chi connectivity index (χ1) is 10.1. The van der Waals surface area contributed by atoms with Gasteiger partial charge in [-0.05, 0) is 25.1 Å². The number of halogens is 1. The van der Waals surface area contributed by atoms with Gasteiger partial charge >= 0.3 is 0 Å². The van der Waals surface area contributed by atoms with Crippen LogP contribution in [0.25, 0.3) is 22.4 Å². The highest BCUT2D eigenvalue weighted by molar-refractivity contribution is 6.30. The zero-order chi connectivity index (χ0) is 15.0. The van der Waals surface area contributed by atoms with Gasteiger partial charge in [0.1, 0.15) is 0 Å². The van der Waals surface area contributed by atoms with Gasteiger partial charge in [-0.2, -0.15) is 0 Å². The molecule has 1 amide bonds. The Hall–Kier alpha value is -2.44. The number of aryl methyl sites for hydroxylation is 1. The third-order valence-corrected chi connectivity index (χ3v) is 3.38. The van der Waals surface area contributed by atoms with Crippen LogP contribution >= 0.6 is 11.6 Å². The highest BCUT2D eigenvalue weighted by Gasteiger charge is 2.18. The van der Waals surface area contributed by atoms with Gasteiger partial charge in [0.05, 0.1) is 22.3 Å². The van der Waals surface area contributed by atoms with Gasteiger partial charge in [-0.1, -0.05) is 28.9 Å². The van der Waals surface area contributed by atoms with Crippen LogP contribution in [0.15, 0.2) is 34.9 Å². The number of amides is 1. The van der Waals surface area contributed by atoms with E-state index in [1.807, 2.05) is 12.1 Å². The number of hydrazine groups is 1. The van der Waals surface area contributed by atoms with Gasteiger partial charge in [-0.15, -0.1) is 0 Å². The van der Waals surface area contributed by atoms with Crippen LogP contribution < -0.4 is 11.3 Å². The van der Waals surface area contributed by atoms with Gasteiger partial charge in [0.25, 0.3) is 11.6 Å². The molecule has 0 atom stereocenters. The van der Waals surface area contributed by atoms with Gasteiger partial charge in [0.2, 0.25) is 0 Å². The Morgan fingerprint density at radius 2 is 2.05 bits per heavy atom. The van der Waals surface area contributed by atoms with Gasteiger partial charge in [-0.25, -0.2) is 10.8 Å². The lowest BCUT2D eigenvalue weighted by Gasteiger charge is -2.05.